The molecule has 2 heterocycles. The van der Waals surface area contributed by atoms with Crippen molar-refractivity contribution in [2.75, 3.05) is 52.1 Å². The van der Waals surface area contributed by atoms with Crippen molar-refractivity contribution in [3.05, 3.63) is 57.8 Å². The minimum atomic E-state index is 0.0402. The lowest BCUT2D eigenvalue weighted by molar-refractivity contribution is -0.130. The van der Waals surface area contributed by atoms with Crippen molar-refractivity contribution >= 4 is 27.5 Å². The van der Waals surface area contributed by atoms with Crippen LogP contribution in [0.15, 0.2) is 41.0 Å². The molecule has 0 bridgehead atoms. The molecule has 1 aliphatic carbocycles. The molecule has 1 fully saturated rings. The molecular formula is C27H38BrN5O. The molecule has 34 heavy (non-hydrogen) atoms. The standard InChI is InChI=1S/C27H38BrN5O/c1-27(2)19-32(16-20-10-11-20)17-21-7-5-9-23(26(21)27)30-15-25(34)33(14-13-31(3)4)18-24-22(28)8-6-12-29-24/h5-9,12,20,30H,10-11,13-19H2,1-4H3. The number of rotatable bonds is 10. The number of carbonyl (C=O) groups is 1. The number of nitrogens with one attached hydrogen (secondary N) is 1. The molecule has 4 rings (SSSR count). The first-order chi connectivity index (χ1) is 16.2. The Hall–Kier alpha value is -1.96. The van der Waals surface area contributed by atoms with Crippen molar-refractivity contribution in [1.29, 1.82) is 0 Å². The number of amides is 1. The van der Waals surface area contributed by atoms with Crippen molar-refractivity contribution in [1.82, 2.24) is 19.7 Å². The number of pyridine rings is 1. The van der Waals surface area contributed by atoms with Crippen LogP contribution >= 0.6 is 15.9 Å². The highest BCUT2D eigenvalue weighted by Gasteiger charge is 2.36. The number of carbonyl (C=O) groups excluding carboxylic acids is 1. The molecule has 0 spiro atoms. The van der Waals surface area contributed by atoms with E-state index in [0.717, 1.165) is 41.4 Å². The maximum atomic E-state index is 13.3. The van der Waals surface area contributed by atoms with Crippen molar-refractivity contribution in [3.8, 4) is 0 Å². The van der Waals surface area contributed by atoms with E-state index in [1.807, 2.05) is 31.1 Å². The Bertz CT molecular complexity index is 1000. The monoisotopic (exact) mass is 527 g/mol. The number of benzene rings is 1. The number of halogens is 1. The van der Waals surface area contributed by atoms with Gasteiger partial charge in [-0.05, 0) is 78.1 Å². The molecular weight excluding hydrogens is 490 g/mol. The third-order valence-corrected chi connectivity index (χ3v) is 7.55. The van der Waals surface area contributed by atoms with Crippen LogP contribution in [0.2, 0.25) is 0 Å². The summed E-state index contributed by atoms with van der Waals surface area (Å²) in [5.74, 6) is 0.976. The number of hydrogen-bond donors (Lipinski definition) is 1. The van der Waals surface area contributed by atoms with E-state index < -0.39 is 0 Å². The van der Waals surface area contributed by atoms with Crippen LogP contribution in [0.3, 0.4) is 0 Å². The zero-order chi connectivity index (χ0) is 24.3. The molecule has 1 amide bonds. The summed E-state index contributed by atoms with van der Waals surface area (Å²) in [4.78, 5) is 24.4. The third-order valence-electron chi connectivity index (χ3n) is 6.83. The zero-order valence-corrected chi connectivity index (χ0v) is 22.6. The van der Waals surface area contributed by atoms with Crippen molar-refractivity contribution in [2.24, 2.45) is 5.92 Å². The zero-order valence-electron chi connectivity index (χ0n) is 21.0. The molecule has 1 aliphatic heterocycles. The quantitative estimate of drug-likeness (QED) is 0.497. The van der Waals surface area contributed by atoms with E-state index in [9.17, 15) is 4.79 Å². The average Bonchev–Trinajstić information content (AvgIpc) is 3.59. The summed E-state index contributed by atoms with van der Waals surface area (Å²) in [6, 6.07) is 10.4. The van der Waals surface area contributed by atoms with Gasteiger partial charge in [0.25, 0.3) is 0 Å². The van der Waals surface area contributed by atoms with Gasteiger partial charge in [-0.3, -0.25) is 14.7 Å². The fourth-order valence-corrected chi connectivity index (χ4v) is 5.40. The Balaban J connectivity index is 1.47. The Kier molecular flexibility index (Phi) is 7.95. The molecule has 0 radical (unpaired) electrons. The Labute approximate surface area is 212 Å². The Morgan fingerprint density at radius 3 is 2.71 bits per heavy atom. The molecule has 1 aromatic heterocycles. The fraction of sp³-hybridized carbons (Fsp3) is 0.556. The predicted molar refractivity (Wildman–Crippen MR) is 142 cm³/mol. The minimum absolute atomic E-state index is 0.0402. The van der Waals surface area contributed by atoms with Crippen LogP contribution in [0.4, 0.5) is 5.69 Å². The molecule has 6 nitrogen and oxygen atoms in total. The molecule has 1 saturated carbocycles. The van der Waals surface area contributed by atoms with E-state index >= 15 is 0 Å². The number of nitrogens with zero attached hydrogens (tertiary/aromatic N) is 4. The van der Waals surface area contributed by atoms with Crippen LogP contribution in [-0.4, -0.2) is 72.4 Å². The summed E-state index contributed by atoms with van der Waals surface area (Å²) in [7, 11) is 4.06. The summed E-state index contributed by atoms with van der Waals surface area (Å²) in [5.41, 5.74) is 4.76. The molecule has 1 aromatic carbocycles. The average molecular weight is 529 g/mol. The second-order valence-corrected chi connectivity index (χ2v) is 11.6. The van der Waals surface area contributed by atoms with Crippen molar-refractivity contribution < 1.29 is 4.79 Å². The number of likely N-dealkylation sites (N-methyl/N-ethyl adjacent to an activating group) is 1. The van der Waals surface area contributed by atoms with E-state index in [1.54, 1.807) is 6.20 Å². The van der Waals surface area contributed by atoms with E-state index in [4.69, 9.17) is 0 Å². The Morgan fingerprint density at radius 1 is 1.21 bits per heavy atom. The van der Waals surface area contributed by atoms with Crippen molar-refractivity contribution in [3.63, 3.8) is 0 Å². The molecule has 7 heteroatoms. The van der Waals surface area contributed by atoms with Gasteiger partial charge in [0.05, 0.1) is 18.8 Å². The van der Waals surface area contributed by atoms with Gasteiger partial charge in [-0.1, -0.05) is 26.0 Å². The van der Waals surface area contributed by atoms with Gasteiger partial charge in [0.2, 0.25) is 5.91 Å². The van der Waals surface area contributed by atoms with Gasteiger partial charge >= 0.3 is 0 Å². The molecule has 184 valence electrons. The topological polar surface area (TPSA) is 51.7 Å². The summed E-state index contributed by atoms with van der Waals surface area (Å²) in [6.07, 6.45) is 4.54. The van der Waals surface area contributed by atoms with Gasteiger partial charge in [-0.25, -0.2) is 0 Å². The molecule has 0 atom stereocenters. The highest BCUT2D eigenvalue weighted by Crippen LogP contribution is 2.40. The number of hydrogen-bond acceptors (Lipinski definition) is 5. The SMILES string of the molecule is CN(C)CCN(Cc1ncccc1Br)C(=O)CNc1cccc2c1C(C)(C)CN(CC1CC1)C2. The van der Waals surface area contributed by atoms with Crippen LogP contribution in [-0.2, 0) is 23.3 Å². The fourth-order valence-electron chi connectivity index (χ4n) is 5.02. The van der Waals surface area contributed by atoms with E-state index in [2.05, 4.69) is 68.1 Å². The lowest BCUT2D eigenvalue weighted by atomic mass is 9.77. The third kappa shape index (κ3) is 6.37. The number of fused-ring (bicyclic) bond motifs is 1. The van der Waals surface area contributed by atoms with Crippen LogP contribution < -0.4 is 5.32 Å². The summed E-state index contributed by atoms with van der Waals surface area (Å²) >= 11 is 3.58. The van der Waals surface area contributed by atoms with Crippen molar-refractivity contribution in [2.45, 2.75) is 45.2 Å². The van der Waals surface area contributed by atoms with Gasteiger partial charge in [-0.2, -0.15) is 0 Å². The van der Waals surface area contributed by atoms with Gasteiger partial charge in [0.15, 0.2) is 0 Å². The molecule has 2 aromatic rings. The lowest BCUT2D eigenvalue weighted by Gasteiger charge is -2.41. The second kappa shape index (κ2) is 10.8. The van der Waals surface area contributed by atoms with Crippen LogP contribution in [0.25, 0.3) is 0 Å². The Morgan fingerprint density at radius 2 is 2.00 bits per heavy atom. The maximum absolute atomic E-state index is 13.3. The first kappa shape index (κ1) is 25.1. The number of aromatic nitrogens is 1. The molecule has 1 N–H and O–H groups in total. The summed E-state index contributed by atoms with van der Waals surface area (Å²) < 4.78 is 0.931. The van der Waals surface area contributed by atoms with Crippen LogP contribution in [0.5, 0.6) is 0 Å². The van der Waals surface area contributed by atoms with Crippen LogP contribution in [0.1, 0.15) is 43.5 Å². The highest BCUT2D eigenvalue weighted by atomic mass is 79.9. The van der Waals surface area contributed by atoms with E-state index in [1.165, 1.54) is 30.5 Å². The summed E-state index contributed by atoms with van der Waals surface area (Å²) in [6.45, 7) is 10.2. The second-order valence-electron chi connectivity index (χ2n) is 10.7. The predicted octanol–water partition coefficient (Wildman–Crippen LogP) is 4.35. The normalized spacial score (nSPS) is 17.5. The van der Waals surface area contributed by atoms with E-state index in [-0.39, 0.29) is 17.9 Å². The smallest absolute Gasteiger partial charge is 0.242 e. The van der Waals surface area contributed by atoms with Gasteiger partial charge < -0.3 is 15.1 Å². The van der Waals surface area contributed by atoms with Crippen LogP contribution in [0, 0.1) is 5.92 Å². The highest BCUT2D eigenvalue weighted by molar-refractivity contribution is 9.10. The van der Waals surface area contributed by atoms with E-state index in [0.29, 0.717) is 13.1 Å². The van der Waals surface area contributed by atoms with Gasteiger partial charge in [-0.15, -0.1) is 0 Å². The lowest BCUT2D eigenvalue weighted by Crippen LogP contribution is -2.44. The van der Waals surface area contributed by atoms with Gasteiger partial charge in [0.1, 0.15) is 0 Å². The van der Waals surface area contributed by atoms with Gasteiger partial charge in [0, 0.05) is 54.5 Å². The molecule has 0 unspecified atom stereocenters. The molecule has 0 saturated heterocycles. The maximum Gasteiger partial charge on any atom is 0.242 e. The minimum Gasteiger partial charge on any atom is -0.376 e. The largest absolute Gasteiger partial charge is 0.376 e. The summed E-state index contributed by atoms with van der Waals surface area (Å²) in [5, 5.41) is 3.51. The molecule has 2 aliphatic rings. The number of anilines is 1. The first-order valence-corrected chi connectivity index (χ1v) is 13.1. The first-order valence-electron chi connectivity index (χ1n) is 12.3.